The van der Waals surface area contributed by atoms with Gasteiger partial charge in [-0.3, -0.25) is 0 Å². The van der Waals surface area contributed by atoms with Gasteiger partial charge in [0.1, 0.15) is 5.75 Å². The van der Waals surface area contributed by atoms with Crippen molar-refractivity contribution < 1.29 is 9.47 Å². The predicted molar refractivity (Wildman–Crippen MR) is 72.9 cm³/mol. The normalized spacial score (nSPS) is 16.7. The Balaban J connectivity index is 2.30. The number of nitrogens with two attached hydrogens (primary N) is 1. The van der Waals surface area contributed by atoms with Crippen LogP contribution in [-0.2, 0) is 4.74 Å². The van der Waals surface area contributed by atoms with Crippen LogP contribution >= 0.6 is 0 Å². The van der Waals surface area contributed by atoms with E-state index in [1.807, 2.05) is 0 Å². The molecule has 18 heavy (non-hydrogen) atoms. The van der Waals surface area contributed by atoms with Crippen LogP contribution in [0.3, 0.4) is 0 Å². The molecule has 1 fully saturated rings. The minimum Gasteiger partial charge on any atom is -0.496 e. The fraction of sp³-hybridized carbons (Fsp3) is 0.600. The standard InChI is InChI=1S/C15H23NO2/c1-10-8-13(14(17-3)9-11(10)2)15(12-4-5-12)18-7-6-16/h8-9,12,15H,4-7,16H2,1-3H3. The lowest BCUT2D eigenvalue weighted by atomic mass is 9.98. The third kappa shape index (κ3) is 2.85. The molecule has 0 aromatic heterocycles. The summed E-state index contributed by atoms with van der Waals surface area (Å²) in [4.78, 5) is 0. The van der Waals surface area contributed by atoms with Crippen LogP contribution in [0.25, 0.3) is 0 Å². The molecule has 0 aliphatic heterocycles. The van der Waals surface area contributed by atoms with Gasteiger partial charge in [-0.2, -0.15) is 0 Å². The highest BCUT2D eigenvalue weighted by Crippen LogP contribution is 2.46. The third-order valence-electron chi connectivity index (χ3n) is 3.62. The second-order valence-corrected chi connectivity index (χ2v) is 5.10. The van der Waals surface area contributed by atoms with E-state index in [0.29, 0.717) is 19.1 Å². The van der Waals surface area contributed by atoms with Crippen LogP contribution in [0, 0.1) is 19.8 Å². The highest BCUT2D eigenvalue weighted by molar-refractivity contribution is 5.43. The zero-order valence-corrected chi connectivity index (χ0v) is 11.5. The van der Waals surface area contributed by atoms with Gasteiger partial charge >= 0.3 is 0 Å². The van der Waals surface area contributed by atoms with Crippen molar-refractivity contribution in [3.63, 3.8) is 0 Å². The second kappa shape index (κ2) is 5.72. The summed E-state index contributed by atoms with van der Waals surface area (Å²) in [5.41, 5.74) is 9.26. The molecule has 0 spiro atoms. The Morgan fingerprint density at radius 1 is 1.28 bits per heavy atom. The van der Waals surface area contributed by atoms with Gasteiger partial charge in [0.25, 0.3) is 0 Å². The van der Waals surface area contributed by atoms with Crippen LogP contribution in [0.15, 0.2) is 12.1 Å². The van der Waals surface area contributed by atoms with Crippen molar-refractivity contribution in [2.24, 2.45) is 11.7 Å². The van der Waals surface area contributed by atoms with E-state index >= 15 is 0 Å². The summed E-state index contributed by atoms with van der Waals surface area (Å²) in [6, 6.07) is 4.31. The fourth-order valence-corrected chi connectivity index (χ4v) is 2.28. The van der Waals surface area contributed by atoms with Crippen LogP contribution in [0.4, 0.5) is 0 Å². The average molecular weight is 249 g/mol. The molecule has 1 saturated carbocycles. The lowest BCUT2D eigenvalue weighted by Gasteiger charge is -2.21. The first kappa shape index (κ1) is 13.4. The Morgan fingerprint density at radius 3 is 2.50 bits per heavy atom. The van der Waals surface area contributed by atoms with E-state index in [4.69, 9.17) is 15.2 Å². The first-order chi connectivity index (χ1) is 8.67. The molecule has 1 atom stereocenters. The number of rotatable bonds is 6. The summed E-state index contributed by atoms with van der Waals surface area (Å²) in [7, 11) is 1.72. The molecule has 1 aliphatic carbocycles. The number of methoxy groups -OCH3 is 1. The average Bonchev–Trinajstić information content (AvgIpc) is 3.18. The molecule has 0 bridgehead atoms. The zero-order valence-electron chi connectivity index (χ0n) is 11.5. The van der Waals surface area contributed by atoms with E-state index in [1.54, 1.807) is 7.11 Å². The molecule has 0 radical (unpaired) electrons. The summed E-state index contributed by atoms with van der Waals surface area (Å²) in [6.07, 6.45) is 2.62. The Kier molecular flexibility index (Phi) is 4.25. The molecule has 0 amide bonds. The van der Waals surface area contributed by atoms with Crippen molar-refractivity contribution in [3.8, 4) is 5.75 Å². The molecular formula is C15H23NO2. The zero-order chi connectivity index (χ0) is 13.1. The smallest absolute Gasteiger partial charge is 0.124 e. The third-order valence-corrected chi connectivity index (χ3v) is 3.62. The van der Waals surface area contributed by atoms with Gasteiger partial charge in [0.05, 0.1) is 19.8 Å². The largest absolute Gasteiger partial charge is 0.496 e. The summed E-state index contributed by atoms with van der Waals surface area (Å²) in [6.45, 7) is 5.41. The van der Waals surface area contributed by atoms with E-state index in [1.165, 1.54) is 29.5 Å². The number of hydrogen-bond acceptors (Lipinski definition) is 3. The molecule has 1 aromatic carbocycles. The molecule has 3 heteroatoms. The first-order valence-electron chi connectivity index (χ1n) is 6.64. The highest BCUT2D eigenvalue weighted by Gasteiger charge is 2.34. The maximum absolute atomic E-state index is 5.93. The summed E-state index contributed by atoms with van der Waals surface area (Å²) in [5.74, 6) is 1.57. The van der Waals surface area contributed by atoms with Crippen LogP contribution in [0.1, 0.15) is 35.6 Å². The summed E-state index contributed by atoms with van der Waals surface area (Å²) >= 11 is 0. The van der Waals surface area contributed by atoms with E-state index < -0.39 is 0 Å². The molecular weight excluding hydrogens is 226 g/mol. The van der Waals surface area contributed by atoms with Gasteiger partial charge in [-0.15, -0.1) is 0 Å². The van der Waals surface area contributed by atoms with Crippen LogP contribution < -0.4 is 10.5 Å². The number of hydrogen-bond donors (Lipinski definition) is 1. The Bertz CT molecular complexity index is 413. The molecule has 2 N–H and O–H groups in total. The van der Waals surface area contributed by atoms with Crippen molar-refractivity contribution in [2.75, 3.05) is 20.3 Å². The van der Waals surface area contributed by atoms with Crippen molar-refractivity contribution in [3.05, 3.63) is 28.8 Å². The van der Waals surface area contributed by atoms with Gasteiger partial charge in [0.15, 0.2) is 0 Å². The van der Waals surface area contributed by atoms with Crippen LogP contribution in [-0.4, -0.2) is 20.3 Å². The molecule has 3 nitrogen and oxygen atoms in total. The molecule has 1 aromatic rings. The molecule has 0 heterocycles. The second-order valence-electron chi connectivity index (χ2n) is 5.10. The number of benzene rings is 1. The van der Waals surface area contributed by atoms with Gasteiger partial charge in [-0.05, 0) is 55.9 Å². The maximum Gasteiger partial charge on any atom is 0.124 e. The van der Waals surface area contributed by atoms with Gasteiger partial charge in [-0.1, -0.05) is 0 Å². The summed E-state index contributed by atoms with van der Waals surface area (Å²) in [5, 5.41) is 0. The van der Waals surface area contributed by atoms with Crippen molar-refractivity contribution >= 4 is 0 Å². The molecule has 1 aliphatic rings. The number of aryl methyl sites for hydroxylation is 2. The van der Waals surface area contributed by atoms with E-state index in [-0.39, 0.29) is 6.10 Å². The van der Waals surface area contributed by atoms with Crippen molar-refractivity contribution in [1.29, 1.82) is 0 Å². The number of ether oxygens (including phenoxy) is 2. The van der Waals surface area contributed by atoms with Gasteiger partial charge < -0.3 is 15.2 Å². The topological polar surface area (TPSA) is 44.5 Å². The quantitative estimate of drug-likeness (QED) is 0.843. The Labute approximate surface area is 109 Å². The monoisotopic (exact) mass is 249 g/mol. The molecule has 1 unspecified atom stereocenters. The Hall–Kier alpha value is -1.06. The Morgan fingerprint density at radius 2 is 1.94 bits per heavy atom. The molecule has 0 saturated heterocycles. The van der Waals surface area contributed by atoms with Crippen LogP contribution in [0.5, 0.6) is 5.75 Å². The van der Waals surface area contributed by atoms with E-state index in [9.17, 15) is 0 Å². The first-order valence-corrected chi connectivity index (χ1v) is 6.64. The molecule has 2 rings (SSSR count). The SMILES string of the molecule is COc1cc(C)c(C)cc1C(OCCN)C1CC1. The summed E-state index contributed by atoms with van der Waals surface area (Å²) < 4.78 is 11.4. The van der Waals surface area contributed by atoms with Crippen molar-refractivity contribution in [1.82, 2.24) is 0 Å². The van der Waals surface area contributed by atoms with Crippen LogP contribution in [0.2, 0.25) is 0 Å². The minimum atomic E-state index is 0.141. The lowest BCUT2D eigenvalue weighted by Crippen LogP contribution is -2.15. The fourth-order valence-electron chi connectivity index (χ4n) is 2.28. The highest BCUT2D eigenvalue weighted by atomic mass is 16.5. The van der Waals surface area contributed by atoms with Gasteiger partial charge in [0.2, 0.25) is 0 Å². The molecule has 100 valence electrons. The lowest BCUT2D eigenvalue weighted by molar-refractivity contribution is 0.0407. The van der Waals surface area contributed by atoms with E-state index in [0.717, 1.165) is 5.75 Å². The van der Waals surface area contributed by atoms with Gasteiger partial charge in [-0.25, -0.2) is 0 Å². The van der Waals surface area contributed by atoms with Crippen molar-refractivity contribution in [2.45, 2.75) is 32.8 Å². The maximum atomic E-state index is 5.93. The van der Waals surface area contributed by atoms with Gasteiger partial charge in [0, 0.05) is 12.1 Å². The predicted octanol–water partition coefficient (Wildman–Crippen LogP) is 2.74. The van der Waals surface area contributed by atoms with E-state index in [2.05, 4.69) is 26.0 Å². The minimum absolute atomic E-state index is 0.141.